The van der Waals surface area contributed by atoms with Crippen molar-refractivity contribution in [1.29, 1.82) is 0 Å². The summed E-state index contributed by atoms with van der Waals surface area (Å²) in [4.78, 5) is 28.1. The van der Waals surface area contributed by atoms with Gasteiger partial charge in [-0.3, -0.25) is 0 Å². The number of rotatable bonds is 2. The summed E-state index contributed by atoms with van der Waals surface area (Å²) in [6.45, 7) is 0. The molecule has 0 atom stereocenters. The van der Waals surface area contributed by atoms with Gasteiger partial charge >= 0.3 is 219 Å². The number of allylic oxidation sites excluding steroid dienone is 1. The first-order valence-electron chi connectivity index (χ1n) is 12.1. The molecule has 172 valence electrons. The number of Topliss-reactive ketones (excluding diaryl/α,β-unsaturated/α-hetero) is 2. The Morgan fingerprint density at radius 3 is 2.00 bits per heavy atom. The molecule has 7 rings (SSSR count). The van der Waals surface area contributed by atoms with Gasteiger partial charge in [-0.25, -0.2) is 0 Å². The molecule has 0 bridgehead atoms. The number of anilines is 3. The van der Waals surface area contributed by atoms with E-state index in [1.54, 1.807) is 10.8 Å². The van der Waals surface area contributed by atoms with Crippen molar-refractivity contribution in [3.63, 3.8) is 0 Å². The van der Waals surface area contributed by atoms with Crippen LogP contribution < -0.4 is 4.90 Å². The SMILES string of the molecule is O=C1C(=Cc2ccc(N3c4ccccc4C4(CCCCC4)c4ccccc43)[te]2)C(=O)c2cscc21. The molecule has 35 heavy (non-hydrogen) atoms. The van der Waals surface area contributed by atoms with Gasteiger partial charge in [-0.1, -0.05) is 0 Å². The van der Waals surface area contributed by atoms with Crippen molar-refractivity contribution in [3.8, 4) is 0 Å². The van der Waals surface area contributed by atoms with E-state index in [0.29, 0.717) is 16.7 Å². The van der Waals surface area contributed by atoms with E-state index in [0.717, 1.165) is 3.58 Å². The van der Waals surface area contributed by atoms with Gasteiger partial charge in [0, 0.05) is 0 Å². The second-order valence-electron chi connectivity index (χ2n) is 9.60. The van der Waals surface area contributed by atoms with E-state index >= 15 is 0 Å². The third kappa shape index (κ3) is 3.15. The molecular weight excluding hydrogens is 566 g/mol. The number of thiophene rings is 1. The first kappa shape index (κ1) is 21.6. The number of para-hydroxylation sites is 2. The number of nitrogens with zero attached hydrogens (tertiary/aromatic N) is 1. The molecule has 1 spiro atoms. The summed E-state index contributed by atoms with van der Waals surface area (Å²) in [6.07, 6.45) is 8.13. The summed E-state index contributed by atoms with van der Waals surface area (Å²) in [7, 11) is 0. The Hall–Kier alpha value is -2.71. The van der Waals surface area contributed by atoms with Crippen LogP contribution in [0.4, 0.5) is 15.1 Å². The van der Waals surface area contributed by atoms with Gasteiger partial charge in [-0.2, -0.15) is 0 Å². The van der Waals surface area contributed by atoms with Crippen molar-refractivity contribution >= 4 is 64.5 Å². The Balaban J connectivity index is 1.34. The fourth-order valence-electron chi connectivity index (χ4n) is 6.21. The van der Waals surface area contributed by atoms with Crippen LogP contribution in [-0.2, 0) is 5.41 Å². The summed E-state index contributed by atoms with van der Waals surface area (Å²) in [5, 5.41) is 3.59. The molecule has 0 radical (unpaired) electrons. The van der Waals surface area contributed by atoms with Crippen molar-refractivity contribution in [1.82, 2.24) is 0 Å². The maximum atomic E-state index is 12.8. The molecule has 1 saturated carbocycles. The van der Waals surface area contributed by atoms with Crippen molar-refractivity contribution < 1.29 is 9.59 Å². The molecule has 3 nitrogen and oxygen atoms in total. The van der Waals surface area contributed by atoms with E-state index in [2.05, 4.69) is 65.6 Å². The third-order valence-electron chi connectivity index (χ3n) is 7.79. The molecule has 0 unspecified atom stereocenters. The Morgan fingerprint density at radius 2 is 1.37 bits per heavy atom. The summed E-state index contributed by atoms with van der Waals surface area (Å²) in [5.41, 5.74) is 7.04. The van der Waals surface area contributed by atoms with Gasteiger partial charge in [-0.15, -0.1) is 0 Å². The molecule has 0 N–H and O–H groups in total. The molecule has 1 aliphatic heterocycles. The minimum absolute atomic E-state index is 0.0970. The molecule has 3 heterocycles. The first-order chi connectivity index (χ1) is 17.2. The van der Waals surface area contributed by atoms with E-state index in [1.807, 2.05) is 6.08 Å². The number of ketones is 2. The van der Waals surface area contributed by atoms with Gasteiger partial charge in [-0.05, 0) is 0 Å². The number of hydrogen-bond donors (Lipinski definition) is 0. The zero-order valence-electron chi connectivity index (χ0n) is 19.1. The summed E-state index contributed by atoms with van der Waals surface area (Å²) in [6, 6.07) is 22.2. The Bertz CT molecular complexity index is 1450. The number of hydrogen-bond acceptors (Lipinski definition) is 4. The fourth-order valence-corrected chi connectivity index (χ4v) is 9.81. The number of benzene rings is 2. The second kappa shape index (κ2) is 8.17. The van der Waals surface area contributed by atoms with Crippen molar-refractivity contribution in [2.24, 2.45) is 0 Å². The van der Waals surface area contributed by atoms with Gasteiger partial charge in [0.25, 0.3) is 0 Å². The van der Waals surface area contributed by atoms with Crippen LogP contribution in [-0.4, -0.2) is 32.0 Å². The Morgan fingerprint density at radius 1 is 0.771 bits per heavy atom. The van der Waals surface area contributed by atoms with Crippen LogP contribution >= 0.6 is 11.3 Å². The molecular formula is C30H23NO2STe. The predicted molar refractivity (Wildman–Crippen MR) is 143 cm³/mol. The van der Waals surface area contributed by atoms with Crippen molar-refractivity contribution in [2.45, 2.75) is 37.5 Å². The topological polar surface area (TPSA) is 37.4 Å². The van der Waals surface area contributed by atoms with E-state index in [4.69, 9.17) is 0 Å². The molecule has 0 amide bonds. The zero-order valence-corrected chi connectivity index (χ0v) is 22.3. The van der Waals surface area contributed by atoms with Crippen LogP contribution in [0, 0.1) is 0 Å². The average Bonchev–Trinajstić information content (AvgIpc) is 3.62. The fraction of sp³-hybridized carbons (Fsp3) is 0.200. The summed E-state index contributed by atoms with van der Waals surface area (Å²) < 4.78 is 2.43. The van der Waals surface area contributed by atoms with Crippen LogP contribution in [0.2, 0.25) is 0 Å². The Labute approximate surface area is 218 Å². The van der Waals surface area contributed by atoms with Crippen LogP contribution in [0.15, 0.2) is 77.0 Å². The van der Waals surface area contributed by atoms with Gasteiger partial charge in [0.15, 0.2) is 0 Å². The number of carbonyl (C=O) groups is 2. The van der Waals surface area contributed by atoms with E-state index in [1.165, 1.54) is 69.6 Å². The number of fused-ring (bicyclic) bond motifs is 5. The zero-order chi connectivity index (χ0) is 23.6. The maximum absolute atomic E-state index is 12.8. The first-order valence-corrected chi connectivity index (χ1v) is 15.4. The normalized spacial score (nSPS) is 17.9. The van der Waals surface area contributed by atoms with E-state index < -0.39 is 20.4 Å². The van der Waals surface area contributed by atoms with Gasteiger partial charge in [0.05, 0.1) is 0 Å². The molecule has 3 aliphatic rings. The van der Waals surface area contributed by atoms with Crippen LogP contribution in [0.5, 0.6) is 0 Å². The summed E-state index contributed by atoms with van der Waals surface area (Å²) in [5.74, 6) is -0.248. The minimum atomic E-state index is -0.771. The van der Waals surface area contributed by atoms with Gasteiger partial charge in [0.2, 0.25) is 0 Å². The summed E-state index contributed by atoms with van der Waals surface area (Å²) >= 11 is 0.646. The molecule has 5 heteroatoms. The average molecular weight is 589 g/mol. The molecule has 4 aromatic rings. The molecule has 2 aromatic heterocycles. The van der Waals surface area contributed by atoms with Crippen molar-refractivity contribution in [2.75, 3.05) is 4.90 Å². The quantitative estimate of drug-likeness (QED) is 0.140. The molecule has 2 aromatic carbocycles. The second-order valence-corrected chi connectivity index (χ2v) is 13.5. The Kier molecular flexibility index (Phi) is 5.03. The van der Waals surface area contributed by atoms with Crippen LogP contribution in [0.3, 0.4) is 0 Å². The van der Waals surface area contributed by atoms with Crippen molar-refractivity contribution in [3.05, 3.63) is 103 Å². The third-order valence-corrected chi connectivity index (χ3v) is 11.4. The monoisotopic (exact) mass is 591 g/mol. The standard InChI is InChI=1S/C30H23NO2STe/c32-28-20(29(33)22-18-34-17-21(22)28)16-19-12-13-27(35-19)31-25-10-4-2-8-23(25)30(14-6-1-7-15-30)24-9-3-5-11-26(24)31/h2-5,8-13,16-18H,1,6-7,14-15H2. The molecule has 2 aliphatic carbocycles. The van der Waals surface area contributed by atoms with Crippen LogP contribution in [0.25, 0.3) is 6.08 Å². The van der Waals surface area contributed by atoms with Gasteiger partial charge < -0.3 is 0 Å². The van der Waals surface area contributed by atoms with Crippen LogP contribution in [0.1, 0.15) is 67.5 Å². The predicted octanol–water partition coefficient (Wildman–Crippen LogP) is 7.30. The van der Waals surface area contributed by atoms with E-state index in [-0.39, 0.29) is 17.0 Å². The number of carbonyl (C=O) groups excluding carboxylic acids is 2. The van der Waals surface area contributed by atoms with Gasteiger partial charge in [0.1, 0.15) is 0 Å². The molecule has 0 saturated heterocycles. The molecule has 1 fully saturated rings. The van der Waals surface area contributed by atoms with E-state index in [9.17, 15) is 9.59 Å².